The second-order valence-electron chi connectivity index (χ2n) is 7.72. The van der Waals surface area contributed by atoms with E-state index in [-0.39, 0.29) is 17.9 Å². The number of likely N-dealkylation sites (N-methyl/N-ethyl adjacent to an activating group) is 1. The van der Waals surface area contributed by atoms with Gasteiger partial charge in [-0.15, -0.1) is 0 Å². The van der Waals surface area contributed by atoms with Gasteiger partial charge in [0.2, 0.25) is 5.89 Å². The number of amides is 1. The average molecular weight is 347 g/mol. The van der Waals surface area contributed by atoms with Crippen LogP contribution in [-0.2, 0) is 4.74 Å². The number of carbonyl (C=O) groups excluding carboxylic acids is 1. The van der Waals surface area contributed by atoms with Gasteiger partial charge in [-0.25, -0.2) is 4.79 Å². The molecule has 1 fully saturated rings. The highest BCUT2D eigenvalue weighted by molar-refractivity contribution is 5.67. The highest BCUT2D eigenvalue weighted by Gasteiger charge is 2.45. The Morgan fingerprint density at radius 1 is 1.44 bits per heavy atom. The normalized spacial score (nSPS) is 21.0. The molecule has 0 bridgehead atoms. The molecule has 7 heteroatoms. The molecule has 3 atom stereocenters. The molecular weight excluding hydrogens is 322 g/mol. The van der Waals surface area contributed by atoms with Crippen LogP contribution in [0.3, 0.4) is 0 Å². The predicted octanol–water partition coefficient (Wildman–Crippen LogP) is 3.90. The summed E-state index contributed by atoms with van der Waals surface area (Å²) in [5.41, 5.74) is -0.513. The molecular formula is C18H25N3O4. The molecule has 0 unspecified atom stereocenters. The maximum Gasteiger partial charge on any atom is 0.410 e. The first kappa shape index (κ1) is 17.5. The lowest BCUT2D eigenvalue weighted by atomic mass is 10.1. The summed E-state index contributed by atoms with van der Waals surface area (Å²) in [6.45, 7) is 7.96. The number of carbonyl (C=O) groups is 1. The van der Waals surface area contributed by atoms with E-state index in [1.54, 1.807) is 13.3 Å². The van der Waals surface area contributed by atoms with E-state index in [0.29, 0.717) is 24.2 Å². The molecule has 1 amide bonds. The third-order valence-electron chi connectivity index (χ3n) is 4.17. The van der Waals surface area contributed by atoms with Crippen molar-refractivity contribution in [2.75, 3.05) is 13.6 Å². The summed E-state index contributed by atoms with van der Waals surface area (Å²) in [5, 5.41) is 4.08. The van der Waals surface area contributed by atoms with Gasteiger partial charge in [-0.2, -0.15) is 4.98 Å². The van der Waals surface area contributed by atoms with Gasteiger partial charge in [0.15, 0.2) is 5.82 Å². The number of nitrogens with zero attached hydrogens (tertiary/aromatic N) is 3. The molecule has 2 aromatic heterocycles. The molecule has 25 heavy (non-hydrogen) atoms. The van der Waals surface area contributed by atoms with Crippen molar-refractivity contribution in [3.8, 4) is 0 Å². The molecule has 1 saturated carbocycles. The van der Waals surface area contributed by atoms with E-state index < -0.39 is 5.60 Å². The Morgan fingerprint density at radius 3 is 2.84 bits per heavy atom. The van der Waals surface area contributed by atoms with Gasteiger partial charge in [-0.05, 0) is 39.3 Å². The smallest absolute Gasteiger partial charge is 0.410 e. The van der Waals surface area contributed by atoms with E-state index in [1.807, 2.05) is 39.8 Å². The molecule has 136 valence electrons. The van der Waals surface area contributed by atoms with E-state index in [1.165, 1.54) is 4.90 Å². The largest absolute Gasteiger partial charge is 0.469 e. The number of hydrogen-bond donors (Lipinski definition) is 0. The summed E-state index contributed by atoms with van der Waals surface area (Å²) >= 11 is 0. The van der Waals surface area contributed by atoms with Crippen LogP contribution in [-0.4, -0.2) is 40.3 Å². The summed E-state index contributed by atoms with van der Waals surface area (Å²) in [6.07, 6.45) is 2.28. The third kappa shape index (κ3) is 4.21. The monoisotopic (exact) mass is 347 g/mol. The van der Waals surface area contributed by atoms with Crippen molar-refractivity contribution in [2.45, 2.75) is 57.5 Å². The molecule has 0 spiro atoms. The van der Waals surface area contributed by atoms with Gasteiger partial charge in [-0.1, -0.05) is 12.1 Å². The van der Waals surface area contributed by atoms with Gasteiger partial charge in [-0.3, -0.25) is 0 Å². The van der Waals surface area contributed by atoms with Crippen molar-refractivity contribution in [2.24, 2.45) is 0 Å². The van der Waals surface area contributed by atoms with Crippen LogP contribution >= 0.6 is 0 Å². The highest BCUT2D eigenvalue weighted by atomic mass is 16.6. The van der Waals surface area contributed by atoms with Crippen molar-refractivity contribution in [3.63, 3.8) is 0 Å². The molecule has 0 N–H and O–H groups in total. The standard InChI is InChI=1S/C18H25N3O4/c1-11(10-21(5)17(22)24-18(2,3)4)15-19-16(25-20-15)13-9-12(13)14-7-6-8-23-14/h6-8,11-13H,9-10H2,1-5H3/t11-,12+,13-/m1/s1. The minimum absolute atomic E-state index is 0.0455. The van der Waals surface area contributed by atoms with E-state index in [2.05, 4.69) is 10.1 Å². The van der Waals surface area contributed by atoms with Crippen LogP contribution in [0.2, 0.25) is 0 Å². The highest BCUT2D eigenvalue weighted by Crippen LogP contribution is 2.54. The third-order valence-corrected chi connectivity index (χ3v) is 4.17. The number of ether oxygens (including phenoxy) is 1. The van der Waals surface area contributed by atoms with Gasteiger partial charge in [0.1, 0.15) is 11.4 Å². The Bertz CT molecular complexity index is 717. The predicted molar refractivity (Wildman–Crippen MR) is 90.4 cm³/mol. The first-order valence-electron chi connectivity index (χ1n) is 8.55. The molecule has 0 aromatic carbocycles. The van der Waals surface area contributed by atoms with Crippen LogP contribution in [0.15, 0.2) is 27.3 Å². The zero-order valence-electron chi connectivity index (χ0n) is 15.4. The number of rotatable bonds is 5. The number of aromatic nitrogens is 2. The van der Waals surface area contributed by atoms with E-state index in [4.69, 9.17) is 13.7 Å². The van der Waals surface area contributed by atoms with E-state index in [0.717, 1.165) is 12.2 Å². The number of hydrogen-bond acceptors (Lipinski definition) is 6. The van der Waals surface area contributed by atoms with Crippen LogP contribution in [0, 0.1) is 0 Å². The maximum atomic E-state index is 12.1. The first-order chi connectivity index (χ1) is 11.7. The van der Waals surface area contributed by atoms with Gasteiger partial charge < -0.3 is 18.6 Å². The van der Waals surface area contributed by atoms with Crippen LogP contribution in [0.1, 0.15) is 69.3 Å². The summed E-state index contributed by atoms with van der Waals surface area (Å²) in [5.74, 6) is 2.71. The van der Waals surface area contributed by atoms with Crippen molar-refractivity contribution in [3.05, 3.63) is 35.9 Å². The Kier molecular flexibility index (Phi) is 4.58. The van der Waals surface area contributed by atoms with Crippen molar-refractivity contribution in [1.29, 1.82) is 0 Å². The average Bonchev–Trinajstić information content (AvgIpc) is 2.96. The topological polar surface area (TPSA) is 81.6 Å². The zero-order chi connectivity index (χ0) is 18.2. The lowest BCUT2D eigenvalue weighted by Gasteiger charge is -2.25. The fraction of sp³-hybridized carbons (Fsp3) is 0.611. The van der Waals surface area contributed by atoms with Crippen molar-refractivity contribution >= 4 is 6.09 Å². The van der Waals surface area contributed by atoms with E-state index in [9.17, 15) is 4.79 Å². The van der Waals surface area contributed by atoms with Crippen LogP contribution < -0.4 is 0 Å². The molecule has 2 heterocycles. The summed E-state index contributed by atoms with van der Waals surface area (Å²) in [4.78, 5) is 18.1. The number of furan rings is 1. The zero-order valence-corrected chi connectivity index (χ0v) is 15.4. The Morgan fingerprint density at radius 2 is 2.20 bits per heavy atom. The molecule has 0 radical (unpaired) electrons. The molecule has 1 aliphatic rings. The Hall–Kier alpha value is -2.31. The van der Waals surface area contributed by atoms with Crippen LogP contribution in [0.5, 0.6) is 0 Å². The molecule has 7 nitrogen and oxygen atoms in total. The molecule has 0 saturated heterocycles. The second kappa shape index (κ2) is 6.54. The second-order valence-corrected chi connectivity index (χ2v) is 7.72. The fourth-order valence-electron chi connectivity index (χ4n) is 2.79. The quantitative estimate of drug-likeness (QED) is 0.816. The summed E-state index contributed by atoms with van der Waals surface area (Å²) in [7, 11) is 1.71. The molecule has 3 rings (SSSR count). The Labute approximate surface area is 147 Å². The Balaban J connectivity index is 1.56. The minimum Gasteiger partial charge on any atom is -0.469 e. The lowest BCUT2D eigenvalue weighted by molar-refractivity contribution is 0.0289. The van der Waals surface area contributed by atoms with Crippen molar-refractivity contribution in [1.82, 2.24) is 15.0 Å². The van der Waals surface area contributed by atoms with Crippen LogP contribution in [0.4, 0.5) is 4.79 Å². The summed E-state index contributed by atoms with van der Waals surface area (Å²) < 4.78 is 16.2. The van der Waals surface area contributed by atoms with Gasteiger partial charge >= 0.3 is 6.09 Å². The van der Waals surface area contributed by atoms with Gasteiger partial charge in [0.25, 0.3) is 0 Å². The molecule has 1 aliphatic carbocycles. The lowest BCUT2D eigenvalue weighted by Crippen LogP contribution is -2.36. The van der Waals surface area contributed by atoms with Crippen molar-refractivity contribution < 1.29 is 18.5 Å². The summed E-state index contributed by atoms with van der Waals surface area (Å²) in [6, 6.07) is 3.86. The SMILES string of the molecule is C[C@H](CN(C)C(=O)OC(C)(C)C)c1noc([C@@H]2C[C@@H]2c2ccco2)n1. The van der Waals surface area contributed by atoms with Gasteiger partial charge in [0, 0.05) is 31.3 Å². The fourth-order valence-corrected chi connectivity index (χ4v) is 2.79. The van der Waals surface area contributed by atoms with Crippen LogP contribution in [0.25, 0.3) is 0 Å². The molecule has 2 aromatic rings. The minimum atomic E-state index is -0.513. The first-order valence-corrected chi connectivity index (χ1v) is 8.55. The molecule has 0 aliphatic heterocycles. The van der Waals surface area contributed by atoms with Gasteiger partial charge in [0.05, 0.1) is 6.26 Å². The van der Waals surface area contributed by atoms with E-state index >= 15 is 0 Å². The maximum absolute atomic E-state index is 12.1.